The van der Waals surface area contributed by atoms with Crippen molar-refractivity contribution in [3.8, 4) is 0 Å². The van der Waals surface area contributed by atoms with Crippen molar-refractivity contribution in [2.75, 3.05) is 0 Å². The number of rotatable bonds is 1. The van der Waals surface area contributed by atoms with Crippen LogP contribution in [0.4, 0.5) is 0 Å². The van der Waals surface area contributed by atoms with Crippen LogP contribution >= 0.6 is 11.6 Å². The first-order valence-electron chi connectivity index (χ1n) is 4.45. The molecule has 1 atom stereocenters. The van der Waals surface area contributed by atoms with E-state index in [2.05, 4.69) is 36.4 Å². The van der Waals surface area contributed by atoms with Gasteiger partial charge in [-0.3, -0.25) is 0 Å². The molecule has 2 rings (SSSR count). The molecule has 0 aliphatic heterocycles. The van der Waals surface area contributed by atoms with Gasteiger partial charge in [-0.15, -0.1) is 0 Å². The lowest BCUT2D eigenvalue weighted by atomic mass is 9.93. The maximum Gasteiger partial charge on any atom is 0.0406 e. The van der Waals surface area contributed by atoms with Gasteiger partial charge in [-0.05, 0) is 24.1 Å². The van der Waals surface area contributed by atoms with Gasteiger partial charge in [-0.2, -0.15) is 0 Å². The van der Waals surface area contributed by atoms with Crippen LogP contribution in [0.1, 0.15) is 17.9 Å². The first-order valence-corrected chi connectivity index (χ1v) is 4.83. The number of allylic oxidation sites excluding steroid dienone is 4. The second-order valence-electron chi connectivity index (χ2n) is 3.21. The molecule has 13 heavy (non-hydrogen) atoms. The van der Waals surface area contributed by atoms with Gasteiger partial charge in [-0.1, -0.05) is 48.0 Å². The molecule has 0 N–H and O–H groups in total. The highest BCUT2D eigenvalue weighted by Crippen LogP contribution is 2.25. The first-order chi connectivity index (χ1) is 6.36. The van der Waals surface area contributed by atoms with Gasteiger partial charge in [0.1, 0.15) is 0 Å². The van der Waals surface area contributed by atoms with Crippen LogP contribution in [0.5, 0.6) is 0 Å². The van der Waals surface area contributed by atoms with E-state index in [4.69, 9.17) is 11.6 Å². The van der Waals surface area contributed by atoms with Gasteiger partial charge in [0.05, 0.1) is 0 Å². The van der Waals surface area contributed by atoms with E-state index in [-0.39, 0.29) is 0 Å². The van der Waals surface area contributed by atoms with Crippen molar-refractivity contribution in [2.45, 2.75) is 12.3 Å². The lowest BCUT2D eigenvalue weighted by Crippen LogP contribution is -1.95. The van der Waals surface area contributed by atoms with E-state index >= 15 is 0 Å². The van der Waals surface area contributed by atoms with Crippen LogP contribution in [0.25, 0.3) is 0 Å². The molecule has 0 aromatic heterocycles. The molecule has 66 valence electrons. The quantitative estimate of drug-likeness (QED) is 0.629. The Morgan fingerprint density at radius 1 is 1.08 bits per heavy atom. The van der Waals surface area contributed by atoms with Crippen molar-refractivity contribution in [2.24, 2.45) is 0 Å². The summed E-state index contributed by atoms with van der Waals surface area (Å²) in [4.78, 5) is 0. The van der Waals surface area contributed by atoms with E-state index in [0.717, 1.165) is 11.4 Å². The Bertz CT molecular complexity index is 333. The first kappa shape index (κ1) is 8.58. The van der Waals surface area contributed by atoms with Crippen molar-refractivity contribution in [3.63, 3.8) is 0 Å². The smallest absolute Gasteiger partial charge is 0.0406 e. The molecule has 1 aromatic rings. The minimum atomic E-state index is 0.530. The summed E-state index contributed by atoms with van der Waals surface area (Å²) < 4.78 is 0. The van der Waals surface area contributed by atoms with Gasteiger partial charge in [0.25, 0.3) is 0 Å². The Balaban J connectivity index is 2.21. The van der Waals surface area contributed by atoms with E-state index in [9.17, 15) is 0 Å². The van der Waals surface area contributed by atoms with Crippen molar-refractivity contribution >= 4 is 11.6 Å². The molecule has 0 heterocycles. The van der Waals surface area contributed by atoms with Crippen LogP contribution in [0.2, 0.25) is 5.02 Å². The molecular weight excluding hydrogens is 180 g/mol. The molecule has 1 aromatic carbocycles. The van der Waals surface area contributed by atoms with E-state index in [1.807, 2.05) is 12.1 Å². The van der Waals surface area contributed by atoms with Crippen molar-refractivity contribution in [1.29, 1.82) is 0 Å². The summed E-state index contributed by atoms with van der Waals surface area (Å²) in [6.45, 7) is 0. The van der Waals surface area contributed by atoms with E-state index in [1.54, 1.807) is 0 Å². The zero-order valence-corrected chi connectivity index (χ0v) is 8.04. The molecule has 0 radical (unpaired) electrons. The summed E-state index contributed by atoms with van der Waals surface area (Å²) in [6.07, 6.45) is 9.70. The molecule has 1 aliphatic carbocycles. The summed E-state index contributed by atoms with van der Waals surface area (Å²) >= 11 is 5.82. The molecule has 0 bridgehead atoms. The third-order valence-electron chi connectivity index (χ3n) is 2.28. The van der Waals surface area contributed by atoms with Gasteiger partial charge >= 0.3 is 0 Å². The fourth-order valence-corrected chi connectivity index (χ4v) is 1.66. The third kappa shape index (κ3) is 2.02. The predicted octanol–water partition coefficient (Wildman–Crippen LogP) is 3.94. The maximum absolute atomic E-state index is 5.82. The minimum Gasteiger partial charge on any atom is -0.0843 e. The number of hydrogen-bond acceptors (Lipinski definition) is 0. The van der Waals surface area contributed by atoms with Crippen LogP contribution in [0, 0.1) is 0 Å². The number of halogens is 1. The average molecular weight is 191 g/mol. The highest BCUT2D eigenvalue weighted by Gasteiger charge is 2.07. The van der Waals surface area contributed by atoms with Crippen LogP contribution in [0.15, 0.2) is 48.6 Å². The molecule has 1 heteroatoms. The molecule has 0 saturated heterocycles. The van der Waals surface area contributed by atoms with Crippen molar-refractivity contribution < 1.29 is 0 Å². The molecule has 1 aliphatic rings. The molecular formula is C12H11Cl. The van der Waals surface area contributed by atoms with Gasteiger partial charge in [0.2, 0.25) is 0 Å². The van der Waals surface area contributed by atoms with Crippen LogP contribution in [0.3, 0.4) is 0 Å². The summed E-state index contributed by atoms with van der Waals surface area (Å²) in [5.41, 5.74) is 1.34. The molecule has 1 unspecified atom stereocenters. The van der Waals surface area contributed by atoms with E-state index < -0.39 is 0 Å². The molecule has 0 spiro atoms. The standard InChI is InChI=1S/C12H11Cl/c13-12-8-6-11(7-9-12)10-4-2-1-3-5-10/h1-4,6-10H,5H2. The van der Waals surface area contributed by atoms with Gasteiger partial charge in [0, 0.05) is 10.9 Å². The topological polar surface area (TPSA) is 0 Å². The second-order valence-corrected chi connectivity index (χ2v) is 3.64. The Labute approximate surface area is 83.5 Å². The summed E-state index contributed by atoms with van der Waals surface area (Å²) in [5.74, 6) is 0.530. The van der Waals surface area contributed by atoms with Crippen molar-refractivity contribution in [3.05, 3.63) is 59.2 Å². The molecule has 0 fully saturated rings. The van der Waals surface area contributed by atoms with E-state index in [1.165, 1.54) is 5.56 Å². The Morgan fingerprint density at radius 2 is 1.85 bits per heavy atom. The van der Waals surface area contributed by atoms with Crippen LogP contribution < -0.4 is 0 Å². The highest BCUT2D eigenvalue weighted by molar-refractivity contribution is 6.30. The van der Waals surface area contributed by atoms with Crippen LogP contribution in [-0.2, 0) is 0 Å². The van der Waals surface area contributed by atoms with E-state index in [0.29, 0.717) is 5.92 Å². The third-order valence-corrected chi connectivity index (χ3v) is 2.53. The zero-order chi connectivity index (χ0) is 9.10. The lowest BCUT2D eigenvalue weighted by Gasteiger charge is -2.12. The molecule has 0 nitrogen and oxygen atoms in total. The highest BCUT2D eigenvalue weighted by atomic mass is 35.5. The Kier molecular flexibility index (Phi) is 2.51. The molecule has 0 amide bonds. The summed E-state index contributed by atoms with van der Waals surface area (Å²) in [6, 6.07) is 8.08. The van der Waals surface area contributed by atoms with Crippen LogP contribution in [-0.4, -0.2) is 0 Å². The minimum absolute atomic E-state index is 0.530. The zero-order valence-electron chi connectivity index (χ0n) is 7.28. The van der Waals surface area contributed by atoms with Gasteiger partial charge in [-0.25, -0.2) is 0 Å². The Hall–Kier alpha value is -1.01. The maximum atomic E-state index is 5.82. The fraction of sp³-hybridized carbons (Fsp3) is 0.167. The largest absolute Gasteiger partial charge is 0.0843 e. The van der Waals surface area contributed by atoms with Crippen molar-refractivity contribution in [1.82, 2.24) is 0 Å². The monoisotopic (exact) mass is 190 g/mol. The summed E-state index contributed by atoms with van der Waals surface area (Å²) in [5, 5.41) is 0.805. The second kappa shape index (κ2) is 3.80. The number of hydrogen-bond donors (Lipinski definition) is 0. The number of benzene rings is 1. The fourth-order valence-electron chi connectivity index (χ4n) is 1.54. The predicted molar refractivity (Wildman–Crippen MR) is 57.1 cm³/mol. The lowest BCUT2D eigenvalue weighted by molar-refractivity contribution is 0.854. The molecule has 0 saturated carbocycles. The Morgan fingerprint density at radius 3 is 2.46 bits per heavy atom. The normalized spacial score (nSPS) is 20.5. The SMILES string of the molecule is Clc1ccc(C2C=CC=CC2)cc1. The van der Waals surface area contributed by atoms with Gasteiger partial charge < -0.3 is 0 Å². The summed E-state index contributed by atoms with van der Waals surface area (Å²) in [7, 11) is 0. The average Bonchev–Trinajstić information content (AvgIpc) is 2.20. The van der Waals surface area contributed by atoms with Gasteiger partial charge in [0.15, 0.2) is 0 Å².